The van der Waals surface area contributed by atoms with Gasteiger partial charge in [0, 0.05) is 4.91 Å². The minimum atomic E-state index is -3.65. The molecule has 0 aliphatic heterocycles. The van der Waals surface area contributed by atoms with Crippen LogP contribution in [0.25, 0.3) is 10.4 Å². The highest BCUT2D eigenvalue weighted by atomic mass is 32.2. The van der Waals surface area contributed by atoms with Crippen molar-refractivity contribution in [1.82, 2.24) is 0 Å². The van der Waals surface area contributed by atoms with Gasteiger partial charge in [0.15, 0.2) is 0 Å². The normalized spacial score (nSPS) is 12.2. The molecule has 0 aliphatic carbocycles. The average molecular weight is 362 g/mol. The van der Waals surface area contributed by atoms with E-state index in [1.165, 1.54) is 12.1 Å². The third-order valence-electron chi connectivity index (χ3n) is 3.30. The molecule has 0 radical (unpaired) electrons. The number of sulfonamides is 1. The zero-order chi connectivity index (χ0) is 18.3. The molecular weight excluding hydrogens is 344 g/mol. The first kappa shape index (κ1) is 18.8. The Hall–Kier alpha value is -2.58. The molecule has 2 rings (SSSR count). The summed E-state index contributed by atoms with van der Waals surface area (Å²) in [6.45, 7) is -0.00862. The maximum Gasteiger partial charge on any atom is 0.254 e. The summed E-state index contributed by atoms with van der Waals surface area (Å²) in [5.41, 5.74) is 9.92. The summed E-state index contributed by atoms with van der Waals surface area (Å²) in [6, 6.07) is 15.3. The van der Waals surface area contributed by atoms with Crippen LogP contribution in [0.4, 0.5) is 5.69 Å². The highest BCUT2D eigenvalue weighted by Crippen LogP contribution is 2.22. The van der Waals surface area contributed by atoms with Crippen molar-refractivity contribution >= 4 is 15.7 Å². The molecular formula is C16H18N4O4S. The molecule has 8 nitrogen and oxygen atoms in total. The van der Waals surface area contributed by atoms with E-state index >= 15 is 0 Å². The lowest BCUT2D eigenvalue weighted by atomic mass is 10.1. The van der Waals surface area contributed by atoms with Crippen LogP contribution in [0.2, 0.25) is 0 Å². The lowest BCUT2D eigenvalue weighted by Gasteiger charge is -2.22. The van der Waals surface area contributed by atoms with E-state index in [0.29, 0.717) is 11.3 Å². The molecule has 0 amide bonds. The molecule has 9 heteroatoms. The molecule has 2 aromatic rings. The van der Waals surface area contributed by atoms with Gasteiger partial charge in [0.25, 0.3) is 10.0 Å². The number of aliphatic hydroxyl groups excluding tert-OH is 1. The third-order valence-corrected chi connectivity index (χ3v) is 4.22. The second kappa shape index (κ2) is 8.50. The van der Waals surface area contributed by atoms with Gasteiger partial charge in [-0.15, -0.1) is 4.47 Å². The van der Waals surface area contributed by atoms with Gasteiger partial charge in [0.1, 0.15) is 6.61 Å². The van der Waals surface area contributed by atoms with Crippen molar-refractivity contribution < 1.29 is 18.4 Å². The van der Waals surface area contributed by atoms with Crippen LogP contribution in [-0.4, -0.2) is 26.3 Å². The van der Waals surface area contributed by atoms with Gasteiger partial charge in [0.05, 0.1) is 24.6 Å². The van der Waals surface area contributed by atoms with E-state index in [9.17, 15) is 13.5 Å². The van der Waals surface area contributed by atoms with Gasteiger partial charge in [-0.25, -0.2) is 8.42 Å². The Morgan fingerprint density at radius 3 is 2.40 bits per heavy atom. The molecule has 0 heterocycles. The topological polar surface area (TPSA) is 116 Å². The molecule has 0 saturated carbocycles. The van der Waals surface area contributed by atoms with E-state index in [1.54, 1.807) is 12.1 Å². The Bertz CT molecular complexity index is 834. The highest BCUT2D eigenvalue weighted by Gasteiger charge is 2.19. The van der Waals surface area contributed by atoms with Crippen molar-refractivity contribution in [3.63, 3.8) is 0 Å². The summed E-state index contributed by atoms with van der Waals surface area (Å²) in [4.78, 5) is 8.05. The van der Waals surface area contributed by atoms with Crippen molar-refractivity contribution in [3.05, 3.63) is 76.2 Å². The van der Waals surface area contributed by atoms with Crippen LogP contribution in [0.1, 0.15) is 17.2 Å². The Morgan fingerprint density at radius 2 is 1.84 bits per heavy atom. The predicted molar refractivity (Wildman–Crippen MR) is 94.0 cm³/mol. The van der Waals surface area contributed by atoms with Crippen LogP contribution in [0, 0.1) is 0 Å². The summed E-state index contributed by atoms with van der Waals surface area (Å²) < 4.78 is 24.9. The third kappa shape index (κ3) is 5.47. The summed E-state index contributed by atoms with van der Waals surface area (Å²) in [6.07, 6.45) is 0.0874. The lowest BCUT2D eigenvalue weighted by molar-refractivity contribution is 0.135. The molecule has 0 spiro atoms. The van der Waals surface area contributed by atoms with Gasteiger partial charge in [-0.1, -0.05) is 47.6 Å². The van der Waals surface area contributed by atoms with Crippen molar-refractivity contribution in [2.45, 2.75) is 12.7 Å². The molecule has 0 bridgehead atoms. The van der Waals surface area contributed by atoms with E-state index in [0.717, 1.165) is 16.3 Å². The van der Waals surface area contributed by atoms with Crippen molar-refractivity contribution in [1.29, 1.82) is 0 Å². The summed E-state index contributed by atoms with van der Waals surface area (Å²) in [5, 5.41) is 13.2. The lowest BCUT2D eigenvalue weighted by Crippen LogP contribution is -2.30. The maximum atomic E-state index is 12.0. The minimum Gasteiger partial charge on any atom is -0.388 e. The van der Waals surface area contributed by atoms with E-state index in [-0.39, 0.29) is 13.2 Å². The molecule has 2 aromatic carbocycles. The number of aliphatic hydroxyl groups is 1. The number of hydrogen-bond donors (Lipinski definition) is 1. The molecule has 1 atom stereocenters. The molecule has 132 valence electrons. The monoisotopic (exact) mass is 362 g/mol. The molecule has 0 aromatic heterocycles. The Labute approximate surface area is 145 Å². The van der Waals surface area contributed by atoms with Crippen LogP contribution < -0.4 is 4.47 Å². The number of hydrogen-bond acceptors (Lipinski definition) is 5. The molecule has 0 fully saturated rings. The van der Waals surface area contributed by atoms with Crippen molar-refractivity contribution in [2.24, 2.45) is 5.11 Å². The van der Waals surface area contributed by atoms with Gasteiger partial charge in [-0.2, -0.15) is 0 Å². The molecule has 0 aliphatic rings. The fraction of sp³-hybridized carbons (Fsp3) is 0.250. The largest absolute Gasteiger partial charge is 0.388 e. The number of rotatable bonds is 8. The number of azide groups is 1. The number of anilines is 1. The Morgan fingerprint density at radius 1 is 1.20 bits per heavy atom. The quantitative estimate of drug-likeness (QED) is 0.336. The van der Waals surface area contributed by atoms with Crippen molar-refractivity contribution in [3.8, 4) is 0 Å². The van der Waals surface area contributed by atoms with Gasteiger partial charge in [0.2, 0.25) is 0 Å². The molecule has 1 N–H and O–H groups in total. The van der Waals surface area contributed by atoms with E-state index < -0.39 is 16.1 Å². The van der Waals surface area contributed by atoms with Crippen LogP contribution in [0.3, 0.4) is 0 Å². The van der Waals surface area contributed by atoms with Gasteiger partial charge in [-0.3, -0.25) is 4.84 Å². The second-order valence-electron chi connectivity index (χ2n) is 5.27. The van der Waals surface area contributed by atoms with Crippen LogP contribution in [0.5, 0.6) is 0 Å². The first-order valence-corrected chi connectivity index (χ1v) is 9.22. The zero-order valence-electron chi connectivity index (χ0n) is 13.6. The summed E-state index contributed by atoms with van der Waals surface area (Å²) in [5.74, 6) is 0. The van der Waals surface area contributed by atoms with Crippen LogP contribution in [0.15, 0.2) is 59.7 Å². The standard InChI is InChI=1S/C16H18N4O4S/c1-25(22,23)20(24-12-13-5-3-2-4-6-13)15-9-7-14(8-10-15)16(21)11-18-19-17/h2-10,16,21H,11-12H2,1H3/t16-/m0/s1. The van der Waals surface area contributed by atoms with Gasteiger partial charge >= 0.3 is 0 Å². The predicted octanol–water partition coefficient (Wildman–Crippen LogP) is 2.93. The minimum absolute atomic E-state index is 0.0924. The average Bonchev–Trinajstić information content (AvgIpc) is 2.60. The zero-order valence-corrected chi connectivity index (χ0v) is 14.4. The first-order chi connectivity index (χ1) is 11.9. The maximum absolute atomic E-state index is 12.0. The molecule has 0 saturated heterocycles. The van der Waals surface area contributed by atoms with Crippen LogP contribution in [-0.2, 0) is 21.5 Å². The van der Waals surface area contributed by atoms with Crippen molar-refractivity contribution in [2.75, 3.05) is 17.3 Å². The summed E-state index contributed by atoms with van der Waals surface area (Å²) in [7, 11) is -3.65. The highest BCUT2D eigenvalue weighted by molar-refractivity contribution is 7.91. The van der Waals surface area contributed by atoms with E-state index in [2.05, 4.69) is 10.0 Å². The SMILES string of the molecule is CS(=O)(=O)N(OCc1ccccc1)c1ccc([C@@H](O)CN=[N+]=[N-])cc1. The van der Waals surface area contributed by atoms with Gasteiger partial charge in [-0.05, 0) is 28.8 Å². The Kier molecular flexibility index (Phi) is 6.37. The smallest absolute Gasteiger partial charge is 0.254 e. The molecule has 0 unspecified atom stereocenters. The fourth-order valence-corrected chi connectivity index (χ4v) is 2.86. The van der Waals surface area contributed by atoms with E-state index in [4.69, 9.17) is 10.4 Å². The first-order valence-electron chi connectivity index (χ1n) is 7.38. The van der Waals surface area contributed by atoms with Gasteiger partial charge < -0.3 is 5.11 Å². The number of benzene rings is 2. The molecule has 25 heavy (non-hydrogen) atoms. The summed E-state index contributed by atoms with van der Waals surface area (Å²) >= 11 is 0. The Balaban J connectivity index is 2.16. The van der Waals surface area contributed by atoms with Crippen LogP contribution >= 0.6 is 0 Å². The van der Waals surface area contributed by atoms with E-state index in [1.807, 2.05) is 30.3 Å². The fourth-order valence-electron chi connectivity index (χ4n) is 2.11. The number of nitrogens with zero attached hydrogens (tertiary/aromatic N) is 4. The second-order valence-corrected chi connectivity index (χ2v) is 7.07.